The van der Waals surface area contributed by atoms with Crippen molar-refractivity contribution in [3.63, 3.8) is 0 Å². The van der Waals surface area contributed by atoms with Crippen molar-refractivity contribution >= 4 is 44.6 Å². The van der Waals surface area contributed by atoms with Crippen molar-refractivity contribution in [3.8, 4) is 0 Å². The fourth-order valence-corrected chi connectivity index (χ4v) is 3.34. The second-order valence-electron chi connectivity index (χ2n) is 4.41. The Labute approximate surface area is 136 Å². The van der Waals surface area contributed by atoms with Gasteiger partial charge in [0.1, 0.15) is 0 Å². The second-order valence-corrected chi connectivity index (χ2v) is 6.95. The molecule has 6 heteroatoms. The number of anilines is 2. The molecular formula is C15H17BrN2O2S. The highest BCUT2D eigenvalue weighted by atomic mass is 79.9. The van der Waals surface area contributed by atoms with Gasteiger partial charge < -0.3 is 15.8 Å². The van der Waals surface area contributed by atoms with Crippen LogP contribution in [0.2, 0.25) is 0 Å². The van der Waals surface area contributed by atoms with Crippen LogP contribution >= 0.6 is 27.3 Å². The quantitative estimate of drug-likeness (QED) is 0.598. The van der Waals surface area contributed by atoms with Gasteiger partial charge in [-0.15, -0.1) is 11.3 Å². The number of esters is 1. The van der Waals surface area contributed by atoms with Gasteiger partial charge in [-0.1, -0.05) is 0 Å². The van der Waals surface area contributed by atoms with Crippen molar-refractivity contribution in [1.29, 1.82) is 0 Å². The average molecular weight is 369 g/mol. The Morgan fingerprint density at radius 2 is 2.19 bits per heavy atom. The van der Waals surface area contributed by atoms with Crippen LogP contribution in [0.5, 0.6) is 0 Å². The molecule has 0 amide bonds. The molecule has 0 aliphatic heterocycles. The fourth-order valence-electron chi connectivity index (χ4n) is 1.86. The van der Waals surface area contributed by atoms with Crippen molar-refractivity contribution in [2.45, 2.75) is 13.3 Å². The molecule has 0 saturated heterocycles. The van der Waals surface area contributed by atoms with E-state index < -0.39 is 0 Å². The SMILES string of the molecule is CCOC(=O)c1ccc(N)c(NCCc2ccc(Br)s2)c1. The van der Waals surface area contributed by atoms with Crippen molar-refractivity contribution in [2.75, 3.05) is 24.2 Å². The molecule has 2 aromatic rings. The number of carbonyl (C=O) groups excluding carboxylic acids is 1. The number of rotatable bonds is 6. The average Bonchev–Trinajstić information content (AvgIpc) is 2.87. The zero-order valence-corrected chi connectivity index (χ0v) is 14.1. The lowest BCUT2D eigenvalue weighted by Crippen LogP contribution is -2.09. The van der Waals surface area contributed by atoms with Gasteiger partial charge in [0.25, 0.3) is 0 Å². The van der Waals surface area contributed by atoms with Crippen LogP contribution in [-0.2, 0) is 11.2 Å². The Hall–Kier alpha value is -1.53. The summed E-state index contributed by atoms with van der Waals surface area (Å²) in [6, 6.07) is 9.26. The van der Waals surface area contributed by atoms with Crippen LogP contribution in [0.1, 0.15) is 22.2 Å². The number of nitrogens with one attached hydrogen (secondary N) is 1. The number of benzene rings is 1. The summed E-state index contributed by atoms with van der Waals surface area (Å²) in [4.78, 5) is 13.0. The summed E-state index contributed by atoms with van der Waals surface area (Å²) in [6.07, 6.45) is 0.902. The van der Waals surface area contributed by atoms with E-state index in [-0.39, 0.29) is 5.97 Å². The molecule has 0 aliphatic carbocycles. The minimum absolute atomic E-state index is 0.331. The third kappa shape index (κ3) is 4.47. The van der Waals surface area contributed by atoms with Crippen LogP contribution in [-0.4, -0.2) is 19.1 Å². The molecule has 0 unspecified atom stereocenters. The topological polar surface area (TPSA) is 64.3 Å². The molecule has 0 spiro atoms. The standard InChI is InChI=1S/C15H17BrN2O2S/c1-2-20-15(19)10-3-5-12(17)13(9-10)18-8-7-11-4-6-14(16)21-11/h3-6,9,18H,2,7-8,17H2,1H3. The van der Waals surface area contributed by atoms with Crippen LogP contribution in [0, 0.1) is 0 Å². The summed E-state index contributed by atoms with van der Waals surface area (Å²) in [5, 5.41) is 3.27. The largest absolute Gasteiger partial charge is 0.462 e. The summed E-state index contributed by atoms with van der Waals surface area (Å²) in [5.74, 6) is -0.331. The first-order chi connectivity index (χ1) is 10.1. The predicted octanol–water partition coefficient (Wildman–Crippen LogP) is 3.92. The number of nitrogens with two attached hydrogens (primary N) is 1. The molecule has 1 aromatic heterocycles. The van der Waals surface area contributed by atoms with E-state index in [1.54, 1.807) is 36.5 Å². The number of hydrogen-bond donors (Lipinski definition) is 2. The maximum Gasteiger partial charge on any atom is 0.338 e. The second kappa shape index (κ2) is 7.47. The van der Waals surface area contributed by atoms with Crippen LogP contribution in [0.15, 0.2) is 34.1 Å². The molecule has 0 bridgehead atoms. The molecule has 112 valence electrons. The van der Waals surface area contributed by atoms with Gasteiger partial charge in [-0.2, -0.15) is 0 Å². The molecule has 0 saturated carbocycles. The molecule has 1 heterocycles. The molecule has 3 N–H and O–H groups in total. The lowest BCUT2D eigenvalue weighted by Gasteiger charge is -2.10. The Morgan fingerprint density at radius 3 is 2.86 bits per heavy atom. The van der Waals surface area contributed by atoms with Crippen LogP contribution in [0.3, 0.4) is 0 Å². The van der Waals surface area contributed by atoms with Crippen LogP contribution in [0.4, 0.5) is 11.4 Å². The molecule has 0 atom stereocenters. The Bertz CT molecular complexity index is 628. The van der Waals surface area contributed by atoms with Gasteiger partial charge in [0.05, 0.1) is 27.3 Å². The van der Waals surface area contributed by atoms with E-state index in [0.717, 1.165) is 22.4 Å². The maximum atomic E-state index is 11.7. The van der Waals surface area contributed by atoms with Gasteiger partial charge >= 0.3 is 5.97 Å². The number of carbonyl (C=O) groups is 1. The zero-order chi connectivity index (χ0) is 15.2. The normalized spacial score (nSPS) is 10.4. The van der Waals surface area contributed by atoms with Gasteiger partial charge in [-0.3, -0.25) is 0 Å². The van der Waals surface area contributed by atoms with E-state index in [0.29, 0.717) is 17.9 Å². The Balaban J connectivity index is 1.98. The summed E-state index contributed by atoms with van der Waals surface area (Å²) in [6.45, 7) is 2.90. The highest BCUT2D eigenvalue weighted by Gasteiger charge is 2.09. The molecule has 1 aromatic carbocycles. The monoisotopic (exact) mass is 368 g/mol. The minimum atomic E-state index is -0.331. The molecule has 2 rings (SSSR count). The third-order valence-corrected chi connectivity index (χ3v) is 4.56. The number of nitrogen functional groups attached to an aromatic ring is 1. The summed E-state index contributed by atoms with van der Waals surface area (Å²) in [7, 11) is 0. The summed E-state index contributed by atoms with van der Waals surface area (Å²) >= 11 is 5.16. The van der Waals surface area contributed by atoms with Crippen molar-refractivity contribution in [1.82, 2.24) is 0 Å². The highest BCUT2D eigenvalue weighted by Crippen LogP contribution is 2.24. The van der Waals surface area contributed by atoms with Crippen molar-refractivity contribution in [3.05, 3.63) is 44.6 Å². The smallest absolute Gasteiger partial charge is 0.338 e. The number of hydrogen-bond acceptors (Lipinski definition) is 5. The zero-order valence-electron chi connectivity index (χ0n) is 11.7. The van der Waals surface area contributed by atoms with Crippen LogP contribution < -0.4 is 11.1 Å². The van der Waals surface area contributed by atoms with Crippen molar-refractivity contribution in [2.24, 2.45) is 0 Å². The van der Waals surface area contributed by atoms with Crippen LogP contribution in [0.25, 0.3) is 0 Å². The lowest BCUT2D eigenvalue weighted by atomic mass is 10.1. The van der Waals surface area contributed by atoms with Gasteiger partial charge in [-0.25, -0.2) is 4.79 Å². The molecular weight excluding hydrogens is 352 g/mol. The van der Waals surface area contributed by atoms with E-state index in [2.05, 4.69) is 27.3 Å². The van der Waals surface area contributed by atoms with Gasteiger partial charge in [0.15, 0.2) is 0 Å². The van der Waals surface area contributed by atoms with E-state index in [4.69, 9.17) is 10.5 Å². The molecule has 4 nitrogen and oxygen atoms in total. The third-order valence-electron chi connectivity index (χ3n) is 2.88. The van der Waals surface area contributed by atoms with Crippen molar-refractivity contribution < 1.29 is 9.53 Å². The first-order valence-electron chi connectivity index (χ1n) is 6.65. The van der Waals surface area contributed by atoms with E-state index in [1.807, 2.05) is 6.07 Å². The summed E-state index contributed by atoms with van der Waals surface area (Å²) < 4.78 is 6.11. The molecule has 21 heavy (non-hydrogen) atoms. The Kier molecular flexibility index (Phi) is 5.64. The Morgan fingerprint density at radius 1 is 1.38 bits per heavy atom. The van der Waals surface area contributed by atoms with Gasteiger partial charge in [0, 0.05) is 11.4 Å². The molecule has 0 aliphatic rings. The molecule has 0 radical (unpaired) electrons. The van der Waals surface area contributed by atoms with Gasteiger partial charge in [0.2, 0.25) is 0 Å². The van der Waals surface area contributed by atoms with E-state index in [1.165, 1.54) is 4.88 Å². The van der Waals surface area contributed by atoms with E-state index >= 15 is 0 Å². The summed E-state index contributed by atoms with van der Waals surface area (Å²) in [5.41, 5.74) is 7.82. The predicted molar refractivity (Wildman–Crippen MR) is 91.0 cm³/mol. The highest BCUT2D eigenvalue weighted by molar-refractivity contribution is 9.11. The lowest BCUT2D eigenvalue weighted by molar-refractivity contribution is 0.0526. The van der Waals surface area contributed by atoms with E-state index in [9.17, 15) is 4.79 Å². The number of ether oxygens (including phenoxy) is 1. The minimum Gasteiger partial charge on any atom is -0.462 e. The van der Waals surface area contributed by atoms with Gasteiger partial charge in [-0.05, 0) is 59.6 Å². The first-order valence-corrected chi connectivity index (χ1v) is 8.26. The first kappa shape index (κ1) is 15.9. The molecule has 0 fully saturated rings. The fraction of sp³-hybridized carbons (Fsp3) is 0.267. The number of thiophene rings is 1. The maximum absolute atomic E-state index is 11.7. The number of halogens is 1.